The Hall–Kier alpha value is -1.57. The molecule has 0 saturated carbocycles. The SMILES string of the molecule is COc1cc(/C=C/C(=O)C(C)(C)C)ccc1C. The van der Waals surface area contributed by atoms with Crippen molar-refractivity contribution in [2.45, 2.75) is 27.7 Å². The lowest BCUT2D eigenvalue weighted by Crippen LogP contribution is -2.17. The molecule has 0 unspecified atom stereocenters. The van der Waals surface area contributed by atoms with E-state index in [0.29, 0.717) is 0 Å². The quantitative estimate of drug-likeness (QED) is 0.744. The minimum Gasteiger partial charge on any atom is -0.496 e. The van der Waals surface area contributed by atoms with Gasteiger partial charge in [0.05, 0.1) is 7.11 Å². The molecule has 1 aromatic rings. The summed E-state index contributed by atoms with van der Waals surface area (Å²) in [5.41, 5.74) is 1.74. The number of ether oxygens (including phenoxy) is 1. The van der Waals surface area contributed by atoms with Gasteiger partial charge in [-0.25, -0.2) is 0 Å². The minimum atomic E-state index is -0.328. The van der Waals surface area contributed by atoms with Crippen molar-refractivity contribution >= 4 is 11.9 Å². The van der Waals surface area contributed by atoms with Gasteiger partial charge >= 0.3 is 0 Å². The summed E-state index contributed by atoms with van der Waals surface area (Å²) >= 11 is 0. The van der Waals surface area contributed by atoms with Crippen molar-refractivity contribution < 1.29 is 9.53 Å². The predicted molar refractivity (Wildman–Crippen MR) is 71.2 cm³/mol. The smallest absolute Gasteiger partial charge is 0.161 e. The van der Waals surface area contributed by atoms with Crippen LogP contribution in [0.25, 0.3) is 6.08 Å². The average Bonchev–Trinajstić information content (AvgIpc) is 2.26. The third-order valence-corrected chi connectivity index (χ3v) is 2.60. The van der Waals surface area contributed by atoms with Crippen molar-refractivity contribution in [1.82, 2.24) is 0 Å². The Morgan fingerprint density at radius 1 is 1.29 bits per heavy atom. The third-order valence-electron chi connectivity index (χ3n) is 2.60. The van der Waals surface area contributed by atoms with Crippen LogP contribution in [0.3, 0.4) is 0 Å². The van der Waals surface area contributed by atoms with Crippen LogP contribution < -0.4 is 4.74 Å². The number of aryl methyl sites for hydroxylation is 1. The Morgan fingerprint density at radius 2 is 1.94 bits per heavy atom. The molecule has 0 aliphatic rings. The van der Waals surface area contributed by atoms with E-state index in [-0.39, 0.29) is 11.2 Å². The second-order valence-electron chi connectivity index (χ2n) is 5.18. The standard InChI is InChI=1S/C15H20O2/c1-11-6-7-12(10-13(11)17-5)8-9-14(16)15(2,3)4/h6-10H,1-5H3/b9-8+. The van der Waals surface area contributed by atoms with Crippen LogP contribution >= 0.6 is 0 Å². The summed E-state index contributed by atoms with van der Waals surface area (Å²) < 4.78 is 5.24. The lowest BCUT2D eigenvalue weighted by Gasteiger charge is -2.13. The van der Waals surface area contributed by atoms with E-state index < -0.39 is 0 Å². The number of carbonyl (C=O) groups excluding carboxylic acids is 1. The maximum absolute atomic E-state index is 11.7. The summed E-state index contributed by atoms with van der Waals surface area (Å²) in [4.78, 5) is 11.7. The number of hydrogen-bond donors (Lipinski definition) is 0. The van der Waals surface area contributed by atoms with E-state index in [0.717, 1.165) is 16.9 Å². The molecule has 0 fully saturated rings. The molecule has 2 nitrogen and oxygen atoms in total. The van der Waals surface area contributed by atoms with Gasteiger partial charge in [0.1, 0.15) is 5.75 Å². The first-order valence-electron chi connectivity index (χ1n) is 5.72. The highest BCUT2D eigenvalue weighted by Crippen LogP contribution is 2.21. The Kier molecular flexibility index (Phi) is 4.11. The number of allylic oxidation sites excluding steroid dienone is 1. The average molecular weight is 232 g/mol. The summed E-state index contributed by atoms with van der Waals surface area (Å²) in [6.45, 7) is 7.73. The van der Waals surface area contributed by atoms with Crippen LogP contribution in [0.4, 0.5) is 0 Å². The second-order valence-corrected chi connectivity index (χ2v) is 5.18. The minimum absolute atomic E-state index is 0.122. The van der Waals surface area contributed by atoms with Crippen LogP contribution in [0, 0.1) is 12.3 Å². The van der Waals surface area contributed by atoms with Gasteiger partial charge in [-0.15, -0.1) is 0 Å². The summed E-state index contributed by atoms with van der Waals surface area (Å²) in [5, 5.41) is 0. The zero-order valence-electron chi connectivity index (χ0n) is 11.2. The largest absolute Gasteiger partial charge is 0.496 e. The van der Waals surface area contributed by atoms with Crippen molar-refractivity contribution in [3.05, 3.63) is 35.4 Å². The lowest BCUT2D eigenvalue weighted by atomic mass is 9.90. The van der Waals surface area contributed by atoms with Crippen LogP contribution in [0.2, 0.25) is 0 Å². The zero-order valence-corrected chi connectivity index (χ0v) is 11.2. The van der Waals surface area contributed by atoms with Gasteiger partial charge in [0.25, 0.3) is 0 Å². The van der Waals surface area contributed by atoms with Crippen molar-refractivity contribution in [2.24, 2.45) is 5.41 Å². The first-order chi connectivity index (χ1) is 7.84. The molecule has 0 saturated heterocycles. The highest BCUT2D eigenvalue weighted by atomic mass is 16.5. The Morgan fingerprint density at radius 3 is 2.47 bits per heavy atom. The number of hydrogen-bond acceptors (Lipinski definition) is 2. The van der Waals surface area contributed by atoms with Gasteiger partial charge in [-0.2, -0.15) is 0 Å². The molecule has 0 amide bonds. The molecule has 0 aliphatic carbocycles. The summed E-state index contributed by atoms with van der Waals surface area (Å²) in [7, 11) is 1.65. The summed E-state index contributed by atoms with van der Waals surface area (Å²) in [6.07, 6.45) is 3.46. The van der Waals surface area contributed by atoms with Gasteiger partial charge in [-0.3, -0.25) is 4.79 Å². The fourth-order valence-electron chi connectivity index (χ4n) is 1.36. The maximum atomic E-state index is 11.7. The van der Waals surface area contributed by atoms with Gasteiger partial charge in [0.15, 0.2) is 5.78 Å². The van der Waals surface area contributed by atoms with Gasteiger partial charge in [0.2, 0.25) is 0 Å². The number of methoxy groups -OCH3 is 1. The van der Waals surface area contributed by atoms with Crippen LogP contribution in [0.1, 0.15) is 31.9 Å². The Balaban J connectivity index is 2.89. The molecule has 0 atom stereocenters. The van der Waals surface area contributed by atoms with E-state index >= 15 is 0 Å². The number of carbonyl (C=O) groups is 1. The highest BCUT2D eigenvalue weighted by Gasteiger charge is 2.17. The van der Waals surface area contributed by atoms with E-state index in [1.165, 1.54) is 0 Å². The molecule has 0 spiro atoms. The van der Waals surface area contributed by atoms with Crippen LogP contribution in [-0.4, -0.2) is 12.9 Å². The van der Waals surface area contributed by atoms with Crippen molar-refractivity contribution in [1.29, 1.82) is 0 Å². The fraction of sp³-hybridized carbons (Fsp3) is 0.400. The molecule has 0 aliphatic heterocycles. The lowest BCUT2D eigenvalue weighted by molar-refractivity contribution is -0.121. The molecule has 0 N–H and O–H groups in total. The molecule has 2 heteroatoms. The van der Waals surface area contributed by atoms with E-state index in [4.69, 9.17) is 4.74 Å². The van der Waals surface area contributed by atoms with E-state index in [1.807, 2.05) is 52.0 Å². The van der Waals surface area contributed by atoms with Gasteiger partial charge in [-0.05, 0) is 30.2 Å². The number of benzene rings is 1. The monoisotopic (exact) mass is 232 g/mol. The molecule has 17 heavy (non-hydrogen) atoms. The van der Waals surface area contributed by atoms with E-state index in [9.17, 15) is 4.79 Å². The van der Waals surface area contributed by atoms with Gasteiger partial charge < -0.3 is 4.74 Å². The van der Waals surface area contributed by atoms with Crippen LogP contribution in [-0.2, 0) is 4.79 Å². The number of rotatable bonds is 3. The van der Waals surface area contributed by atoms with Crippen molar-refractivity contribution in [3.8, 4) is 5.75 Å². The molecule has 0 radical (unpaired) electrons. The second kappa shape index (κ2) is 5.17. The molecule has 1 rings (SSSR count). The molecular formula is C15H20O2. The van der Waals surface area contributed by atoms with Crippen molar-refractivity contribution in [2.75, 3.05) is 7.11 Å². The third kappa shape index (κ3) is 3.74. The van der Waals surface area contributed by atoms with E-state index in [2.05, 4.69) is 0 Å². The molecule has 92 valence electrons. The highest BCUT2D eigenvalue weighted by molar-refractivity contribution is 5.97. The first-order valence-corrected chi connectivity index (χ1v) is 5.72. The summed E-state index contributed by atoms with van der Waals surface area (Å²) in [5.74, 6) is 0.965. The van der Waals surface area contributed by atoms with Crippen LogP contribution in [0.5, 0.6) is 5.75 Å². The van der Waals surface area contributed by atoms with Gasteiger partial charge in [-0.1, -0.05) is 39.0 Å². The number of ketones is 1. The Labute approximate surface area is 103 Å². The first kappa shape index (κ1) is 13.5. The van der Waals surface area contributed by atoms with Crippen molar-refractivity contribution in [3.63, 3.8) is 0 Å². The predicted octanol–water partition coefficient (Wildman–Crippen LogP) is 3.63. The topological polar surface area (TPSA) is 26.3 Å². The van der Waals surface area contributed by atoms with Gasteiger partial charge in [0, 0.05) is 5.41 Å². The fourth-order valence-corrected chi connectivity index (χ4v) is 1.36. The summed E-state index contributed by atoms with van der Waals surface area (Å²) in [6, 6.07) is 5.89. The maximum Gasteiger partial charge on any atom is 0.161 e. The molecule has 0 aromatic heterocycles. The molecule has 0 heterocycles. The van der Waals surface area contributed by atoms with E-state index in [1.54, 1.807) is 13.2 Å². The normalized spacial score (nSPS) is 11.8. The molecular weight excluding hydrogens is 212 g/mol. The Bertz CT molecular complexity index is 437. The zero-order chi connectivity index (χ0) is 13.1. The molecule has 1 aromatic carbocycles. The van der Waals surface area contributed by atoms with Crippen LogP contribution in [0.15, 0.2) is 24.3 Å². The molecule has 0 bridgehead atoms.